The maximum absolute atomic E-state index is 12.0. The molecule has 0 saturated heterocycles. The Morgan fingerprint density at radius 1 is 1.32 bits per heavy atom. The Morgan fingerprint density at radius 2 is 2.05 bits per heavy atom. The largest absolute Gasteiger partial charge is 0.301 e. The molecule has 0 fully saturated rings. The molecular weight excluding hydrogens is 256 g/mol. The highest BCUT2D eigenvalue weighted by Gasteiger charge is 2.08. The molecule has 4 heteroatoms. The molecule has 1 heterocycles. The minimum absolute atomic E-state index is 0.0515. The number of aromatic nitrogens is 2. The van der Waals surface area contributed by atoms with Crippen molar-refractivity contribution in [2.24, 2.45) is 5.92 Å². The number of hydrogen-bond donors (Lipinski definition) is 1. The maximum Gasteiger partial charge on any atom is 0.254 e. The summed E-state index contributed by atoms with van der Waals surface area (Å²) in [5, 5.41) is 0.766. The van der Waals surface area contributed by atoms with Gasteiger partial charge in [-0.2, -0.15) is 0 Å². The Balaban J connectivity index is 2.65. The van der Waals surface area contributed by atoms with Gasteiger partial charge in [0.05, 0.1) is 0 Å². The topological polar surface area (TPSA) is 45.8 Å². The average Bonchev–Trinajstić information content (AvgIpc) is 2.32. The zero-order valence-electron chi connectivity index (χ0n) is 12.6. The maximum atomic E-state index is 12.0. The second kappa shape index (κ2) is 8.41. The van der Waals surface area contributed by atoms with Crippen LogP contribution < -0.4 is 5.56 Å². The van der Waals surface area contributed by atoms with Crippen molar-refractivity contribution in [1.29, 1.82) is 0 Å². The summed E-state index contributed by atoms with van der Waals surface area (Å²) in [6.07, 6.45) is 5.41. The van der Waals surface area contributed by atoms with Gasteiger partial charge < -0.3 is 4.98 Å². The van der Waals surface area contributed by atoms with Gasteiger partial charge in [0.25, 0.3) is 5.56 Å². The van der Waals surface area contributed by atoms with Crippen molar-refractivity contribution in [3.05, 3.63) is 21.6 Å². The van der Waals surface area contributed by atoms with Gasteiger partial charge >= 0.3 is 0 Å². The minimum atomic E-state index is 0.0515. The third-order valence-corrected chi connectivity index (χ3v) is 4.07. The third kappa shape index (κ3) is 5.81. The van der Waals surface area contributed by atoms with Gasteiger partial charge in [-0.25, -0.2) is 4.98 Å². The van der Waals surface area contributed by atoms with Crippen LogP contribution in [0.5, 0.6) is 0 Å². The van der Waals surface area contributed by atoms with E-state index in [4.69, 9.17) is 0 Å². The van der Waals surface area contributed by atoms with E-state index < -0.39 is 0 Å². The fourth-order valence-corrected chi connectivity index (χ4v) is 3.04. The van der Waals surface area contributed by atoms with Crippen LogP contribution in [-0.4, -0.2) is 15.7 Å². The smallest absolute Gasteiger partial charge is 0.254 e. The van der Waals surface area contributed by atoms with E-state index in [1.54, 1.807) is 11.8 Å². The fourth-order valence-electron chi connectivity index (χ4n) is 1.89. The van der Waals surface area contributed by atoms with Crippen molar-refractivity contribution in [2.75, 3.05) is 5.75 Å². The Bertz CT molecular complexity index is 440. The number of H-pyrrole nitrogens is 1. The molecule has 108 valence electrons. The molecule has 0 amide bonds. The summed E-state index contributed by atoms with van der Waals surface area (Å²) in [6, 6.07) is 0. The zero-order valence-corrected chi connectivity index (χ0v) is 13.4. The Kier molecular flexibility index (Phi) is 7.21. The number of nitrogens with zero attached hydrogens (tertiary/aromatic N) is 1. The lowest BCUT2D eigenvalue weighted by Gasteiger charge is -2.07. The molecule has 19 heavy (non-hydrogen) atoms. The van der Waals surface area contributed by atoms with Crippen molar-refractivity contribution in [3.63, 3.8) is 0 Å². The molecular formula is C15H26N2OS. The molecule has 3 nitrogen and oxygen atoms in total. The van der Waals surface area contributed by atoms with Gasteiger partial charge in [-0.05, 0) is 32.1 Å². The van der Waals surface area contributed by atoms with E-state index >= 15 is 0 Å². The van der Waals surface area contributed by atoms with E-state index in [2.05, 4.69) is 30.7 Å². The highest BCUT2D eigenvalue weighted by Crippen LogP contribution is 2.16. The van der Waals surface area contributed by atoms with Crippen LogP contribution in [0.3, 0.4) is 0 Å². The zero-order chi connectivity index (χ0) is 14.3. The second-order valence-corrected chi connectivity index (χ2v) is 6.51. The molecule has 1 rings (SSSR count). The molecule has 0 aliphatic carbocycles. The van der Waals surface area contributed by atoms with Crippen LogP contribution >= 0.6 is 11.8 Å². The molecule has 0 aromatic carbocycles. The second-order valence-electron chi connectivity index (χ2n) is 5.42. The van der Waals surface area contributed by atoms with Gasteiger partial charge in [-0.1, -0.05) is 45.4 Å². The Labute approximate surface area is 120 Å². The van der Waals surface area contributed by atoms with Crippen LogP contribution in [0, 0.1) is 12.8 Å². The molecule has 0 aliphatic heterocycles. The van der Waals surface area contributed by atoms with Crippen LogP contribution in [0.15, 0.2) is 9.95 Å². The summed E-state index contributed by atoms with van der Waals surface area (Å²) >= 11 is 1.65. The van der Waals surface area contributed by atoms with Crippen molar-refractivity contribution >= 4 is 11.8 Å². The summed E-state index contributed by atoms with van der Waals surface area (Å²) < 4.78 is 0. The number of aryl methyl sites for hydroxylation is 1. The van der Waals surface area contributed by atoms with E-state index in [-0.39, 0.29) is 5.56 Å². The first kappa shape index (κ1) is 16.3. The van der Waals surface area contributed by atoms with E-state index in [1.165, 1.54) is 12.8 Å². The Hall–Kier alpha value is -0.770. The molecule has 1 aromatic rings. The summed E-state index contributed by atoms with van der Waals surface area (Å²) in [7, 11) is 0. The van der Waals surface area contributed by atoms with Crippen molar-refractivity contribution in [1.82, 2.24) is 9.97 Å². The molecule has 0 radical (unpaired) electrons. The number of unbranched alkanes of at least 4 members (excludes halogenated alkanes) is 2. The average molecular weight is 282 g/mol. The first-order valence-corrected chi connectivity index (χ1v) is 8.25. The van der Waals surface area contributed by atoms with E-state index in [1.807, 2.05) is 6.92 Å². The molecule has 0 saturated carbocycles. The SMILES string of the molecule is CCCCCc1c(C)nc(SCCC(C)C)[nH]c1=O. The molecule has 0 aliphatic rings. The normalized spacial score (nSPS) is 11.2. The van der Waals surface area contributed by atoms with Crippen molar-refractivity contribution in [2.45, 2.75) is 65.0 Å². The predicted octanol–water partition coefficient (Wildman–Crippen LogP) is 3.95. The predicted molar refractivity (Wildman–Crippen MR) is 83.0 cm³/mol. The number of nitrogens with one attached hydrogen (secondary N) is 1. The van der Waals surface area contributed by atoms with Crippen LogP contribution in [0.2, 0.25) is 0 Å². The summed E-state index contributed by atoms with van der Waals surface area (Å²) in [6.45, 7) is 8.53. The molecule has 1 N–H and O–H groups in total. The van der Waals surface area contributed by atoms with E-state index in [0.717, 1.165) is 41.4 Å². The first-order chi connectivity index (χ1) is 9.04. The molecule has 1 aromatic heterocycles. The molecule has 0 unspecified atom stereocenters. The lowest BCUT2D eigenvalue weighted by Crippen LogP contribution is -2.17. The summed E-state index contributed by atoms with van der Waals surface area (Å²) in [5.41, 5.74) is 1.81. The summed E-state index contributed by atoms with van der Waals surface area (Å²) in [5.74, 6) is 1.70. The minimum Gasteiger partial charge on any atom is -0.301 e. The molecule has 0 atom stereocenters. The summed E-state index contributed by atoms with van der Waals surface area (Å²) in [4.78, 5) is 19.5. The number of aromatic amines is 1. The van der Waals surface area contributed by atoms with Gasteiger partial charge in [0, 0.05) is 17.0 Å². The van der Waals surface area contributed by atoms with Gasteiger partial charge in [0.1, 0.15) is 0 Å². The highest BCUT2D eigenvalue weighted by molar-refractivity contribution is 7.99. The van der Waals surface area contributed by atoms with Gasteiger partial charge in [-0.3, -0.25) is 4.79 Å². The van der Waals surface area contributed by atoms with Crippen molar-refractivity contribution in [3.8, 4) is 0 Å². The number of hydrogen-bond acceptors (Lipinski definition) is 3. The molecule has 0 spiro atoms. The lowest BCUT2D eigenvalue weighted by atomic mass is 10.1. The van der Waals surface area contributed by atoms with Crippen molar-refractivity contribution < 1.29 is 0 Å². The quantitative estimate of drug-likeness (QED) is 0.446. The highest BCUT2D eigenvalue weighted by atomic mass is 32.2. The van der Waals surface area contributed by atoms with E-state index in [0.29, 0.717) is 5.92 Å². The first-order valence-electron chi connectivity index (χ1n) is 7.27. The monoisotopic (exact) mass is 282 g/mol. The fraction of sp³-hybridized carbons (Fsp3) is 0.733. The number of thioether (sulfide) groups is 1. The van der Waals surface area contributed by atoms with Crippen LogP contribution in [0.4, 0.5) is 0 Å². The van der Waals surface area contributed by atoms with Crippen LogP contribution in [0.25, 0.3) is 0 Å². The third-order valence-electron chi connectivity index (χ3n) is 3.16. The number of rotatable bonds is 8. The van der Waals surface area contributed by atoms with Crippen LogP contribution in [-0.2, 0) is 6.42 Å². The van der Waals surface area contributed by atoms with Gasteiger partial charge in [0.15, 0.2) is 5.16 Å². The van der Waals surface area contributed by atoms with E-state index in [9.17, 15) is 4.79 Å². The molecule has 0 bridgehead atoms. The van der Waals surface area contributed by atoms with Gasteiger partial charge in [-0.15, -0.1) is 0 Å². The Morgan fingerprint density at radius 3 is 2.63 bits per heavy atom. The van der Waals surface area contributed by atoms with Gasteiger partial charge in [0.2, 0.25) is 0 Å². The standard InChI is InChI=1S/C15H26N2OS/c1-5-6-7-8-13-12(4)16-15(17-14(13)18)19-10-9-11(2)3/h11H,5-10H2,1-4H3,(H,16,17,18). The van der Waals surface area contributed by atoms with Crippen LogP contribution in [0.1, 0.15) is 57.7 Å². The lowest BCUT2D eigenvalue weighted by molar-refractivity contribution is 0.631.